The second-order valence-electron chi connectivity index (χ2n) is 38.7. The highest BCUT2D eigenvalue weighted by molar-refractivity contribution is 6.20. The van der Waals surface area contributed by atoms with Gasteiger partial charge in [0.15, 0.2) is 5.65 Å². The fourth-order valence-electron chi connectivity index (χ4n) is 26.2. The van der Waals surface area contributed by atoms with Crippen molar-refractivity contribution >= 4 is 154 Å². The summed E-state index contributed by atoms with van der Waals surface area (Å²) in [6, 6.07) is 92.9. The van der Waals surface area contributed by atoms with Gasteiger partial charge >= 0.3 is 0 Å². The van der Waals surface area contributed by atoms with Gasteiger partial charge in [-0.25, -0.2) is 19.9 Å². The molecule has 0 amide bonds. The van der Waals surface area contributed by atoms with Crippen molar-refractivity contribution in [3.8, 4) is 89.0 Å². The summed E-state index contributed by atoms with van der Waals surface area (Å²) in [5.41, 5.74) is 63.4. The number of rotatable bonds is 0. The number of benzene rings is 12. The van der Waals surface area contributed by atoms with Gasteiger partial charge in [-0.15, -0.1) is 0 Å². The van der Waals surface area contributed by atoms with Crippen molar-refractivity contribution in [1.29, 1.82) is 0 Å². The molecule has 0 saturated heterocycles. The van der Waals surface area contributed by atoms with E-state index in [-0.39, 0.29) is 0 Å². The number of hydrogen-bond donors (Lipinski definition) is 0. The average Bonchev–Trinajstić information content (AvgIpc) is 1.55. The fraction of sp³-hybridized carbons (Fsp3) is 0.0645. The van der Waals surface area contributed by atoms with E-state index in [0.717, 1.165) is 205 Å². The van der Waals surface area contributed by atoms with Crippen LogP contribution < -0.4 is 0 Å². The molecule has 0 radical (unpaired) electrons. The van der Waals surface area contributed by atoms with Gasteiger partial charge in [0.2, 0.25) is 0 Å². The van der Waals surface area contributed by atoms with Crippen LogP contribution >= 0.6 is 0 Å². The third-order valence-corrected chi connectivity index (χ3v) is 31.9. The third kappa shape index (κ3) is 10.1. The molecule has 16 heteroatoms. The molecule has 36 rings (SSSR count). The second kappa shape index (κ2) is 27.7. The number of aromatic nitrogens is 16. The predicted octanol–water partition coefficient (Wildman–Crippen LogP) is 26.9. The zero-order valence-electron chi connectivity index (χ0n) is 75.1. The molecule has 16 heterocycles. The molecule has 0 fully saturated rings. The Labute approximate surface area is 796 Å². The number of nitrogens with zero attached hydrogens (tertiary/aromatic N) is 16. The Morgan fingerprint density at radius 3 is 0.864 bits per heavy atom. The molecule has 0 spiro atoms. The molecule has 16 nitrogen and oxygen atoms in total. The van der Waals surface area contributed by atoms with Gasteiger partial charge in [-0.05, 0) is 291 Å². The largest absolute Gasteiger partial charge is 0.292 e. The minimum atomic E-state index is 0.909. The van der Waals surface area contributed by atoms with Crippen molar-refractivity contribution in [1.82, 2.24) is 77.4 Å². The zero-order valence-corrected chi connectivity index (χ0v) is 75.1. The first-order valence-corrected chi connectivity index (χ1v) is 48.2. The maximum absolute atomic E-state index is 5.35. The minimum absolute atomic E-state index is 0.909. The first-order valence-electron chi connectivity index (χ1n) is 48.2. The lowest BCUT2D eigenvalue weighted by Crippen LogP contribution is -1.93. The Hall–Kier alpha value is -18.3. The number of imidazole rings is 4. The van der Waals surface area contributed by atoms with Crippen LogP contribution in [0.2, 0.25) is 0 Å². The summed E-state index contributed by atoms with van der Waals surface area (Å²) in [5, 5.41) is 10.9. The smallest absolute Gasteiger partial charge is 0.165 e. The molecule has 8 aliphatic carbocycles. The van der Waals surface area contributed by atoms with Crippen LogP contribution in [-0.2, 0) is 51.4 Å². The molecule has 0 unspecified atom stereocenters. The maximum Gasteiger partial charge on any atom is 0.165 e. The summed E-state index contributed by atoms with van der Waals surface area (Å²) in [4.78, 5) is 57.4. The van der Waals surface area contributed by atoms with Crippen molar-refractivity contribution < 1.29 is 0 Å². The highest BCUT2D eigenvalue weighted by Gasteiger charge is 2.38. The maximum atomic E-state index is 5.35. The van der Waals surface area contributed by atoms with Crippen molar-refractivity contribution in [3.05, 3.63) is 431 Å². The van der Waals surface area contributed by atoms with Gasteiger partial charge in [0.05, 0.1) is 71.7 Å². The van der Waals surface area contributed by atoms with E-state index in [2.05, 4.69) is 290 Å². The zero-order chi connectivity index (χ0) is 90.7. The van der Waals surface area contributed by atoms with E-state index >= 15 is 0 Å². The first-order chi connectivity index (χ1) is 69.5. The summed E-state index contributed by atoms with van der Waals surface area (Å²) < 4.78 is 9.18. The molecular weight excluding hydrogens is 1710 g/mol. The monoisotopic (exact) mass is 1780 g/mol. The molecule has 16 aromatic heterocycles. The number of hydrogen-bond acceptors (Lipinski definition) is 12. The molecule has 648 valence electrons. The normalized spacial score (nSPS) is 13.5. The minimum Gasteiger partial charge on any atom is -0.292 e. The summed E-state index contributed by atoms with van der Waals surface area (Å²) in [5.74, 6) is 0. The lowest BCUT2D eigenvalue weighted by Gasteiger charge is -2.10. The van der Waals surface area contributed by atoms with Crippen molar-refractivity contribution in [2.24, 2.45) is 0 Å². The van der Waals surface area contributed by atoms with Gasteiger partial charge in [-0.2, -0.15) is 0 Å². The van der Waals surface area contributed by atoms with E-state index in [1.54, 1.807) is 0 Å². The van der Waals surface area contributed by atoms with Crippen molar-refractivity contribution in [3.63, 3.8) is 0 Å². The van der Waals surface area contributed by atoms with Gasteiger partial charge in [-0.1, -0.05) is 176 Å². The molecule has 0 saturated carbocycles. The summed E-state index contributed by atoms with van der Waals surface area (Å²) in [7, 11) is 0. The number of pyridine rings is 12. The lowest BCUT2D eigenvalue weighted by atomic mass is 9.94. The highest BCUT2D eigenvalue weighted by Crippen LogP contribution is 2.57. The number of fused-ring (bicyclic) bond motifs is 64. The molecule has 140 heavy (non-hydrogen) atoms. The van der Waals surface area contributed by atoms with Crippen molar-refractivity contribution in [2.75, 3.05) is 0 Å². The van der Waals surface area contributed by atoms with Gasteiger partial charge < -0.3 is 0 Å². The Bertz CT molecular complexity index is 9460. The van der Waals surface area contributed by atoms with Crippen LogP contribution in [0.15, 0.2) is 342 Å². The van der Waals surface area contributed by atoms with E-state index in [0.29, 0.717) is 0 Å². The van der Waals surface area contributed by atoms with Crippen LogP contribution in [0.1, 0.15) is 89.0 Å². The molecular formula is C124H72N16. The van der Waals surface area contributed by atoms with Gasteiger partial charge in [0.1, 0.15) is 22.5 Å². The van der Waals surface area contributed by atoms with Crippen LogP contribution in [0.5, 0.6) is 0 Å². The quantitative estimate of drug-likeness (QED) is 0.132. The van der Waals surface area contributed by atoms with E-state index in [9.17, 15) is 0 Å². The molecule has 0 aliphatic heterocycles. The summed E-state index contributed by atoms with van der Waals surface area (Å²) >= 11 is 0. The Balaban J connectivity index is 0.0000000829. The second-order valence-corrected chi connectivity index (χ2v) is 38.7. The summed E-state index contributed by atoms with van der Waals surface area (Å²) in [6.07, 6.45) is 34.3. The molecule has 0 N–H and O–H groups in total. The highest BCUT2D eigenvalue weighted by atomic mass is 15.1. The predicted molar refractivity (Wildman–Crippen MR) is 559 cm³/mol. The van der Waals surface area contributed by atoms with E-state index in [4.69, 9.17) is 29.9 Å². The Kier molecular flexibility index (Phi) is 14.9. The third-order valence-electron chi connectivity index (χ3n) is 31.9. The topological polar surface area (TPSA) is 172 Å². The van der Waals surface area contributed by atoms with Gasteiger partial charge in [0.25, 0.3) is 0 Å². The van der Waals surface area contributed by atoms with Gasteiger partial charge in [-0.3, -0.25) is 57.5 Å². The fourth-order valence-corrected chi connectivity index (χ4v) is 26.2. The van der Waals surface area contributed by atoms with Crippen LogP contribution in [0.4, 0.5) is 0 Å². The van der Waals surface area contributed by atoms with Gasteiger partial charge in [0, 0.05) is 157 Å². The van der Waals surface area contributed by atoms with Crippen molar-refractivity contribution in [2.45, 2.75) is 51.4 Å². The first kappa shape index (κ1) is 75.1. The van der Waals surface area contributed by atoms with E-state index in [1.165, 1.54) is 178 Å². The lowest BCUT2D eigenvalue weighted by molar-refractivity contribution is 1.23. The average molecular weight is 1790 g/mol. The standard InChI is InChI=1S/4C31H18N4/c1-2-5-20-17(4-1)15-23-21(20)9-7-18-14-19-8-10-26-30(28(19)27(18)23)34-31-22-6-3-12-33-29(22)24-16-32-13-11-25(24)35(26)31;1-2-5-20-17(4-1)15-23-21(20)9-7-18-14-19-8-10-26-30(28(19)27(18)23)34-31-29-22(6-3-12-33-29)24-16-32-13-11-25(24)35(26)31;1-2-4-20-17(3-1)14-23-21(20)7-5-18-13-19-6-8-27-30(29(19)28(18)23)34-31-22-9-11-32-15-24(22)25-16-33-12-10-26(25)35(27)31;1-2-4-20-17(3-1)14-23-21(20)7-5-18-13-19-6-8-27-30(29(19)28(18)23)34-31-25-16-32-11-9-22(25)24-15-33-12-10-26(24)35(27)31/h2*1-13,16H,14-15H2;2*1-12,15-16H,13-14H2. The molecule has 28 aromatic rings. The molecule has 0 atom stereocenters. The van der Waals surface area contributed by atoms with E-state index in [1.807, 2.05) is 98.9 Å². The SMILES string of the molecule is c1ccc2c(c1)Cc1c-2ccc2c1-c1c(ccc3c1nc1c4cccnc4c4cnccc4n31)C2.c1ccc2c(c1)Cc1c-2ccc2c1-c1c(ccc3c1nc1c4ccncc4c4cnccc4n31)C2.c1ccc2c(c1)Cc1c-2ccc2c1-c1c(ccc3c1nc1c4cnccc4c4cnccc4n31)C2.c1ccc2c(c1)Cc1c-2ccc2c1-c1c(ccc3c1nc1c4ncccc4c4cnccc4n31)C2. The Morgan fingerprint density at radius 2 is 0.450 bits per heavy atom. The van der Waals surface area contributed by atoms with Crippen LogP contribution in [-0.4, -0.2) is 77.4 Å². The summed E-state index contributed by atoms with van der Waals surface area (Å²) in [6.45, 7) is 0. The van der Waals surface area contributed by atoms with Crippen LogP contribution in [0.3, 0.4) is 0 Å². The molecule has 0 bridgehead atoms. The Morgan fingerprint density at radius 1 is 0.157 bits per heavy atom. The van der Waals surface area contributed by atoms with Crippen LogP contribution in [0.25, 0.3) is 243 Å². The van der Waals surface area contributed by atoms with Crippen LogP contribution in [0, 0.1) is 0 Å². The van der Waals surface area contributed by atoms with E-state index < -0.39 is 0 Å². The molecule has 12 aromatic carbocycles. The molecule has 8 aliphatic rings.